The quantitative estimate of drug-likeness (QED) is 0.596. The Bertz CT molecular complexity index is 247. The zero-order chi connectivity index (χ0) is 15.0. The highest BCUT2D eigenvalue weighted by atomic mass is 16.5. The molecular formula is C17H36N2O. The first-order valence-corrected chi connectivity index (χ1v) is 8.50. The molecule has 0 atom stereocenters. The Hall–Kier alpha value is -0.120. The Balaban J connectivity index is 2.55. The highest BCUT2D eigenvalue weighted by molar-refractivity contribution is 4.88. The fraction of sp³-hybridized carbons (Fsp3) is 1.00. The molecule has 1 aliphatic carbocycles. The molecule has 0 saturated heterocycles. The predicted octanol–water partition coefficient (Wildman–Crippen LogP) is 3.15. The van der Waals surface area contributed by atoms with Gasteiger partial charge in [0.05, 0.1) is 6.61 Å². The summed E-state index contributed by atoms with van der Waals surface area (Å²) < 4.78 is 5.29. The zero-order valence-electron chi connectivity index (χ0n) is 14.4. The number of methoxy groups -OCH3 is 1. The van der Waals surface area contributed by atoms with Gasteiger partial charge in [0, 0.05) is 39.3 Å². The van der Waals surface area contributed by atoms with E-state index in [4.69, 9.17) is 4.74 Å². The summed E-state index contributed by atoms with van der Waals surface area (Å²) in [5, 5.41) is 3.76. The Morgan fingerprint density at radius 3 is 2.35 bits per heavy atom. The van der Waals surface area contributed by atoms with Crippen LogP contribution >= 0.6 is 0 Å². The van der Waals surface area contributed by atoms with E-state index in [9.17, 15) is 0 Å². The summed E-state index contributed by atoms with van der Waals surface area (Å²) in [5.41, 5.74) is 0.422. The lowest BCUT2D eigenvalue weighted by molar-refractivity contribution is 0.0896. The summed E-state index contributed by atoms with van der Waals surface area (Å²) >= 11 is 0. The smallest absolute Gasteiger partial charge is 0.0589 e. The van der Waals surface area contributed by atoms with Crippen LogP contribution in [0.25, 0.3) is 0 Å². The van der Waals surface area contributed by atoms with Crippen LogP contribution < -0.4 is 5.32 Å². The summed E-state index contributed by atoms with van der Waals surface area (Å²) in [6.07, 6.45) is 5.27. The van der Waals surface area contributed by atoms with Gasteiger partial charge < -0.3 is 15.0 Å². The SMILES string of the molecule is CCC(CC)(CNC1CC1)CN(CCOC)CC(C)C. The van der Waals surface area contributed by atoms with Gasteiger partial charge in [-0.25, -0.2) is 0 Å². The van der Waals surface area contributed by atoms with E-state index in [0.717, 1.165) is 25.1 Å². The molecule has 1 N–H and O–H groups in total. The van der Waals surface area contributed by atoms with Gasteiger partial charge in [0.1, 0.15) is 0 Å². The van der Waals surface area contributed by atoms with Crippen molar-refractivity contribution in [1.82, 2.24) is 10.2 Å². The fourth-order valence-corrected chi connectivity index (χ4v) is 2.87. The molecule has 20 heavy (non-hydrogen) atoms. The van der Waals surface area contributed by atoms with Crippen molar-refractivity contribution in [3.05, 3.63) is 0 Å². The van der Waals surface area contributed by atoms with E-state index in [0.29, 0.717) is 5.41 Å². The number of nitrogens with one attached hydrogen (secondary N) is 1. The van der Waals surface area contributed by atoms with Gasteiger partial charge in [-0.15, -0.1) is 0 Å². The normalized spacial score (nSPS) is 16.4. The molecule has 0 bridgehead atoms. The molecule has 0 aliphatic heterocycles. The summed E-state index contributed by atoms with van der Waals surface area (Å²) in [7, 11) is 1.80. The fourth-order valence-electron chi connectivity index (χ4n) is 2.87. The monoisotopic (exact) mass is 284 g/mol. The number of hydrogen-bond acceptors (Lipinski definition) is 3. The molecule has 1 aliphatic rings. The first-order chi connectivity index (χ1) is 9.55. The third-order valence-corrected chi connectivity index (χ3v) is 4.64. The molecule has 1 rings (SSSR count). The number of nitrogens with zero attached hydrogens (tertiary/aromatic N) is 1. The van der Waals surface area contributed by atoms with Crippen LogP contribution in [-0.4, -0.2) is 50.8 Å². The van der Waals surface area contributed by atoms with Crippen LogP contribution in [0, 0.1) is 11.3 Å². The second-order valence-corrected chi connectivity index (χ2v) is 6.98. The van der Waals surface area contributed by atoms with Crippen molar-refractivity contribution in [2.75, 3.05) is 39.9 Å². The van der Waals surface area contributed by atoms with Crippen molar-refractivity contribution in [2.24, 2.45) is 11.3 Å². The maximum absolute atomic E-state index is 5.29. The highest BCUT2D eigenvalue weighted by Crippen LogP contribution is 2.29. The Morgan fingerprint density at radius 1 is 1.25 bits per heavy atom. The minimum atomic E-state index is 0.422. The van der Waals surface area contributed by atoms with Gasteiger partial charge in [0.2, 0.25) is 0 Å². The number of rotatable bonds is 12. The van der Waals surface area contributed by atoms with Gasteiger partial charge in [-0.2, -0.15) is 0 Å². The van der Waals surface area contributed by atoms with Gasteiger partial charge >= 0.3 is 0 Å². The highest BCUT2D eigenvalue weighted by Gasteiger charge is 2.31. The Kier molecular flexibility index (Phi) is 8.08. The summed E-state index contributed by atoms with van der Waals surface area (Å²) in [6, 6.07) is 0.810. The van der Waals surface area contributed by atoms with E-state index < -0.39 is 0 Å². The maximum Gasteiger partial charge on any atom is 0.0589 e. The molecule has 0 spiro atoms. The van der Waals surface area contributed by atoms with Crippen molar-refractivity contribution in [2.45, 2.75) is 59.4 Å². The first kappa shape index (κ1) is 17.9. The van der Waals surface area contributed by atoms with Gasteiger partial charge in [0.25, 0.3) is 0 Å². The average molecular weight is 284 g/mol. The van der Waals surface area contributed by atoms with Gasteiger partial charge in [-0.3, -0.25) is 0 Å². The van der Waals surface area contributed by atoms with Crippen molar-refractivity contribution in [3.8, 4) is 0 Å². The topological polar surface area (TPSA) is 24.5 Å². The molecule has 0 amide bonds. The molecule has 0 aromatic rings. The lowest BCUT2D eigenvalue weighted by atomic mass is 9.81. The maximum atomic E-state index is 5.29. The molecule has 3 nitrogen and oxygen atoms in total. The molecule has 0 aromatic carbocycles. The zero-order valence-corrected chi connectivity index (χ0v) is 14.4. The number of ether oxygens (including phenoxy) is 1. The standard InChI is InChI=1S/C17H36N2O/c1-6-17(7-2,13-18-16-8-9-16)14-19(10-11-20-5)12-15(3)4/h15-16,18H,6-14H2,1-5H3. The number of hydrogen-bond donors (Lipinski definition) is 1. The molecule has 120 valence electrons. The van der Waals surface area contributed by atoms with Crippen molar-refractivity contribution in [1.29, 1.82) is 0 Å². The average Bonchev–Trinajstić information content (AvgIpc) is 3.24. The van der Waals surface area contributed by atoms with Gasteiger partial charge in [-0.1, -0.05) is 27.7 Å². The molecule has 1 saturated carbocycles. The Labute approximate surface area is 126 Å². The van der Waals surface area contributed by atoms with E-state index in [2.05, 4.69) is 37.9 Å². The van der Waals surface area contributed by atoms with E-state index in [-0.39, 0.29) is 0 Å². The second kappa shape index (κ2) is 9.01. The molecule has 3 heteroatoms. The van der Waals surface area contributed by atoms with Crippen molar-refractivity contribution in [3.63, 3.8) is 0 Å². The van der Waals surface area contributed by atoms with Gasteiger partial charge in [0.15, 0.2) is 0 Å². The predicted molar refractivity (Wildman–Crippen MR) is 87.2 cm³/mol. The minimum Gasteiger partial charge on any atom is -0.383 e. The summed E-state index contributed by atoms with van der Waals surface area (Å²) in [4.78, 5) is 2.61. The molecule has 0 heterocycles. The second-order valence-electron chi connectivity index (χ2n) is 6.98. The summed E-state index contributed by atoms with van der Waals surface area (Å²) in [6.45, 7) is 14.8. The summed E-state index contributed by atoms with van der Waals surface area (Å²) in [5.74, 6) is 0.717. The molecule has 1 fully saturated rings. The van der Waals surface area contributed by atoms with E-state index in [1.165, 1.54) is 45.3 Å². The largest absolute Gasteiger partial charge is 0.383 e. The van der Waals surface area contributed by atoms with E-state index in [1.54, 1.807) is 7.11 Å². The van der Waals surface area contributed by atoms with Crippen molar-refractivity contribution >= 4 is 0 Å². The van der Waals surface area contributed by atoms with Gasteiger partial charge in [-0.05, 0) is 37.0 Å². The lowest BCUT2D eigenvalue weighted by Gasteiger charge is -2.38. The van der Waals surface area contributed by atoms with Crippen LogP contribution in [0.3, 0.4) is 0 Å². The van der Waals surface area contributed by atoms with Crippen LogP contribution in [0.1, 0.15) is 53.4 Å². The van der Waals surface area contributed by atoms with Crippen LogP contribution in [0.5, 0.6) is 0 Å². The first-order valence-electron chi connectivity index (χ1n) is 8.50. The van der Waals surface area contributed by atoms with Crippen LogP contribution in [0.15, 0.2) is 0 Å². The lowest BCUT2D eigenvalue weighted by Crippen LogP contribution is -2.46. The minimum absolute atomic E-state index is 0.422. The molecule has 0 aromatic heterocycles. The third kappa shape index (κ3) is 6.55. The van der Waals surface area contributed by atoms with Crippen LogP contribution in [0.2, 0.25) is 0 Å². The van der Waals surface area contributed by atoms with Crippen LogP contribution in [0.4, 0.5) is 0 Å². The third-order valence-electron chi connectivity index (χ3n) is 4.64. The molecule has 0 unspecified atom stereocenters. The van der Waals surface area contributed by atoms with E-state index in [1.807, 2.05) is 0 Å². The molecule has 0 radical (unpaired) electrons. The Morgan fingerprint density at radius 2 is 1.90 bits per heavy atom. The van der Waals surface area contributed by atoms with E-state index >= 15 is 0 Å². The van der Waals surface area contributed by atoms with Crippen molar-refractivity contribution < 1.29 is 4.74 Å². The molecular weight excluding hydrogens is 248 g/mol. The van der Waals surface area contributed by atoms with Crippen LogP contribution in [-0.2, 0) is 4.74 Å².